The lowest BCUT2D eigenvalue weighted by Gasteiger charge is -2.08. The number of phenols is 1. The highest BCUT2D eigenvalue weighted by atomic mass is 35.5. The summed E-state index contributed by atoms with van der Waals surface area (Å²) in [6.07, 6.45) is 0. The number of ether oxygens (including phenoxy) is 1. The molecule has 94 valence electrons. The van der Waals surface area contributed by atoms with Gasteiger partial charge in [0.15, 0.2) is 5.75 Å². The Kier molecular flexibility index (Phi) is 5.50. The summed E-state index contributed by atoms with van der Waals surface area (Å²) in [6.45, 7) is 0.558. The van der Waals surface area contributed by atoms with E-state index in [4.69, 9.17) is 33.7 Å². The van der Waals surface area contributed by atoms with E-state index >= 15 is 0 Å². The first-order valence-electron chi connectivity index (χ1n) is 4.80. The standard InChI is InChI=1S/C10H12Cl2N2O3/c11-7-3-6(4-8(12)10(7)16)14-9(15)5-17-2-1-13/h3-4,16H,1-2,5,13H2,(H,14,15). The van der Waals surface area contributed by atoms with Crippen LogP contribution in [0, 0.1) is 0 Å². The van der Waals surface area contributed by atoms with Crippen molar-refractivity contribution >= 4 is 34.8 Å². The molecule has 0 atom stereocenters. The first kappa shape index (κ1) is 14.1. The van der Waals surface area contributed by atoms with E-state index in [0.29, 0.717) is 18.8 Å². The maximum atomic E-state index is 11.4. The number of rotatable bonds is 5. The number of nitrogens with two attached hydrogens (primary N) is 1. The number of carbonyl (C=O) groups is 1. The molecule has 4 N–H and O–H groups in total. The summed E-state index contributed by atoms with van der Waals surface area (Å²) < 4.78 is 4.95. The summed E-state index contributed by atoms with van der Waals surface area (Å²) in [4.78, 5) is 11.4. The zero-order valence-corrected chi connectivity index (χ0v) is 10.4. The fourth-order valence-electron chi connectivity index (χ4n) is 1.08. The maximum Gasteiger partial charge on any atom is 0.250 e. The van der Waals surface area contributed by atoms with Gasteiger partial charge < -0.3 is 20.9 Å². The Morgan fingerprint density at radius 1 is 1.41 bits per heavy atom. The Morgan fingerprint density at radius 2 is 2.00 bits per heavy atom. The summed E-state index contributed by atoms with van der Waals surface area (Å²) in [5, 5.41) is 12.0. The largest absolute Gasteiger partial charge is 0.505 e. The van der Waals surface area contributed by atoms with E-state index in [9.17, 15) is 9.90 Å². The smallest absolute Gasteiger partial charge is 0.250 e. The Morgan fingerprint density at radius 3 is 2.53 bits per heavy atom. The molecule has 0 aliphatic carbocycles. The van der Waals surface area contributed by atoms with Crippen molar-refractivity contribution in [3.63, 3.8) is 0 Å². The second-order valence-electron chi connectivity index (χ2n) is 3.18. The predicted molar refractivity (Wildman–Crippen MR) is 66.6 cm³/mol. The minimum absolute atomic E-state index is 0.0654. The molecule has 0 bridgehead atoms. The van der Waals surface area contributed by atoms with Crippen molar-refractivity contribution in [3.8, 4) is 5.75 Å². The molecule has 5 nitrogen and oxygen atoms in total. The Labute approximate surface area is 108 Å². The highest BCUT2D eigenvalue weighted by Crippen LogP contribution is 2.34. The number of hydrogen-bond donors (Lipinski definition) is 3. The normalized spacial score (nSPS) is 10.3. The molecule has 0 fully saturated rings. The van der Waals surface area contributed by atoms with Crippen LogP contribution in [0.15, 0.2) is 12.1 Å². The van der Waals surface area contributed by atoms with Crippen molar-refractivity contribution in [1.82, 2.24) is 0 Å². The third-order valence-corrected chi connectivity index (χ3v) is 2.37. The number of anilines is 1. The molecule has 17 heavy (non-hydrogen) atoms. The van der Waals surface area contributed by atoms with Crippen LogP contribution in [-0.2, 0) is 9.53 Å². The number of carbonyl (C=O) groups excluding carboxylic acids is 1. The second-order valence-corrected chi connectivity index (χ2v) is 3.99. The minimum atomic E-state index is -0.351. The average Bonchev–Trinajstić information content (AvgIpc) is 2.26. The number of amides is 1. The zero-order valence-electron chi connectivity index (χ0n) is 8.87. The van der Waals surface area contributed by atoms with Crippen molar-refractivity contribution < 1.29 is 14.6 Å². The summed E-state index contributed by atoms with van der Waals surface area (Å²) in [5.74, 6) is -0.568. The quantitative estimate of drug-likeness (QED) is 0.564. The van der Waals surface area contributed by atoms with Crippen LogP contribution < -0.4 is 11.1 Å². The van der Waals surface area contributed by atoms with Gasteiger partial charge in [-0.25, -0.2) is 0 Å². The monoisotopic (exact) mass is 278 g/mol. The predicted octanol–water partition coefficient (Wildman–Crippen LogP) is 1.61. The fourth-order valence-corrected chi connectivity index (χ4v) is 1.57. The zero-order chi connectivity index (χ0) is 12.8. The highest BCUT2D eigenvalue weighted by molar-refractivity contribution is 6.37. The fraction of sp³-hybridized carbons (Fsp3) is 0.300. The van der Waals surface area contributed by atoms with Gasteiger partial charge in [-0.3, -0.25) is 4.79 Å². The van der Waals surface area contributed by atoms with Gasteiger partial charge in [0.05, 0.1) is 16.7 Å². The number of phenolic OH excluding ortho intramolecular Hbond substituents is 1. The summed E-state index contributed by atoms with van der Waals surface area (Å²) in [6, 6.07) is 2.78. The Hall–Kier alpha value is -1.01. The molecule has 0 saturated heterocycles. The number of hydrogen-bond acceptors (Lipinski definition) is 4. The molecule has 1 rings (SSSR count). The molecule has 0 aromatic heterocycles. The molecule has 0 saturated carbocycles. The van der Waals surface area contributed by atoms with Crippen LogP contribution in [0.4, 0.5) is 5.69 Å². The van der Waals surface area contributed by atoms with Gasteiger partial charge in [0.25, 0.3) is 0 Å². The lowest BCUT2D eigenvalue weighted by Crippen LogP contribution is -2.20. The SMILES string of the molecule is NCCOCC(=O)Nc1cc(Cl)c(O)c(Cl)c1. The average molecular weight is 279 g/mol. The van der Waals surface area contributed by atoms with Crippen molar-refractivity contribution in [2.45, 2.75) is 0 Å². The van der Waals surface area contributed by atoms with Crippen LogP contribution >= 0.6 is 23.2 Å². The lowest BCUT2D eigenvalue weighted by molar-refractivity contribution is -0.120. The topological polar surface area (TPSA) is 84.6 Å². The summed E-state index contributed by atoms with van der Waals surface area (Å²) in [5.41, 5.74) is 5.59. The van der Waals surface area contributed by atoms with Crippen LogP contribution in [0.5, 0.6) is 5.75 Å². The van der Waals surface area contributed by atoms with Gasteiger partial charge in [-0.15, -0.1) is 0 Å². The molecular formula is C10H12Cl2N2O3. The molecule has 0 radical (unpaired) electrons. The molecule has 0 unspecified atom stereocenters. The molecule has 0 aliphatic rings. The first-order valence-corrected chi connectivity index (χ1v) is 5.56. The van der Waals surface area contributed by atoms with Crippen molar-refractivity contribution in [1.29, 1.82) is 0 Å². The lowest BCUT2D eigenvalue weighted by atomic mass is 10.3. The van der Waals surface area contributed by atoms with Gasteiger partial charge in [0, 0.05) is 12.2 Å². The van der Waals surface area contributed by atoms with Crippen molar-refractivity contribution in [2.24, 2.45) is 5.73 Å². The van der Waals surface area contributed by atoms with Crippen LogP contribution in [0.25, 0.3) is 0 Å². The van der Waals surface area contributed by atoms with Crippen LogP contribution in [-0.4, -0.2) is 30.8 Å². The van der Waals surface area contributed by atoms with Crippen LogP contribution in [0.3, 0.4) is 0 Å². The van der Waals surface area contributed by atoms with E-state index in [1.807, 2.05) is 0 Å². The van der Waals surface area contributed by atoms with E-state index in [0.717, 1.165) is 0 Å². The molecule has 0 spiro atoms. The minimum Gasteiger partial charge on any atom is -0.505 e. The number of benzene rings is 1. The van der Waals surface area contributed by atoms with Gasteiger partial charge in [-0.2, -0.15) is 0 Å². The maximum absolute atomic E-state index is 11.4. The second kappa shape index (κ2) is 6.66. The van der Waals surface area contributed by atoms with Crippen molar-refractivity contribution in [3.05, 3.63) is 22.2 Å². The highest BCUT2D eigenvalue weighted by Gasteiger charge is 2.09. The molecule has 1 amide bonds. The van der Waals surface area contributed by atoms with Gasteiger partial charge in [0.1, 0.15) is 6.61 Å². The van der Waals surface area contributed by atoms with E-state index in [1.165, 1.54) is 12.1 Å². The Balaban J connectivity index is 2.60. The third-order valence-electron chi connectivity index (χ3n) is 1.80. The summed E-state index contributed by atoms with van der Waals surface area (Å²) >= 11 is 11.4. The van der Waals surface area contributed by atoms with Gasteiger partial charge >= 0.3 is 0 Å². The number of nitrogens with one attached hydrogen (secondary N) is 1. The molecule has 0 aliphatic heterocycles. The first-order chi connectivity index (χ1) is 8.04. The molecule has 0 heterocycles. The van der Waals surface area contributed by atoms with Gasteiger partial charge in [-0.05, 0) is 12.1 Å². The van der Waals surface area contributed by atoms with Crippen molar-refractivity contribution in [2.75, 3.05) is 25.1 Å². The van der Waals surface area contributed by atoms with Crippen LogP contribution in [0.2, 0.25) is 10.0 Å². The van der Waals surface area contributed by atoms with E-state index < -0.39 is 0 Å². The van der Waals surface area contributed by atoms with Crippen LogP contribution in [0.1, 0.15) is 0 Å². The molecular weight excluding hydrogens is 267 g/mol. The van der Waals surface area contributed by atoms with E-state index in [1.54, 1.807) is 0 Å². The van der Waals surface area contributed by atoms with Gasteiger partial charge in [-0.1, -0.05) is 23.2 Å². The number of aromatic hydroxyl groups is 1. The molecule has 1 aromatic rings. The molecule has 1 aromatic carbocycles. The summed E-state index contributed by atoms with van der Waals surface area (Å²) in [7, 11) is 0. The third kappa shape index (κ3) is 4.40. The number of halogens is 2. The van der Waals surface area contributed by atoms with E-state index in [-0.39, 0.29) is 28.3 Å². The Bertz CT molecular complexity index is 390. The molecule has 7 heteroatoms. The van der Waals surface area contributed by atoms with Gasteiger partial charge in [0.2, 0.25) is 5.91 Å². The van der Waals surface area contributed by atoms with E-state index in [2.05, 4.69) is 5.32 Å².